The predicted molar refractivity (Wildman–Crippen MR) is 104 cm³/mol. The molecule has 1 N–H and O–H groups in total. The van der Waals surface area contributed by atoms with Gasteiger partial charge in [-0.15, -0.1) is 0 Å². The van der Waals surface area contributed by atoms with E-state index in [-0.39, 0.29) is 23.8 Å². The van der Waals surface area contributed by atoms with Crippen LogP contribution in [-0.2, 0) is 32.6 Å². The molecule has 27 heavy (non-hydrogen) atoms. The molecule has 1 amide bonds. The van der Waals surface area contributed by atoms with Gasteiger partial charge < -0.3 is 5.32 Å². The molecule has 8 heteroatoms. The number of aromatic nitrogens is 2. The highest BCUT2D eigenvalue weighted by molar-refractivity contribution is 7.90. The van der Waals surface area contributed by atoms with Crippen LogP contribution < -0.4 is 5.32 Å². The second-order valence-corrected chi connectivity index (χ2v) is 8.91. The molecule has 138 valence electrons. The summed E-state index contributed by atoms with van der Waals surface area (Å²) in [6.45, 7) is 0. The molecule has 0 radical (unpaired) electrons. The number of halogens is 1. The number of nitrogens with zero attached hydrogens (tertiary/aromatic N) is 2. The Kier molecular flexibility index (Phi) is 4.49. The molecule has 6 nitrogen and oxygen atoms in total. The number of hydrogen-bond acceptors (Lipinski definition) is 4. The standard InChI is InChI=1S/C19H16ClN3O3S/c20-14-6-8-15(9-7-14)23-19(16-11-27(25,26)12-17(16)22-23)21-18(24)10-13-4-2-1-3-5-13/h1-9H,10-12H2,(H,21,24). The summed E-state index contributed by atoms with van der Waals surface area (Å²) in [5, 5.41) is 7.86. The van der Waals surface area contributed by atoms with Gasteiger partial charge in [-0.05, 0) is 29.8 Å². The van der Waals surface area contributed by atoms with E-state index in [1.807, 2.05) is 30.3 Å². The van der Waals surface area contributed by atoms with Crippen LogP contribution in [0.5, 0.6) is 0 Å². The first-order valence-corrected chi connectivity index (χ1v) is 10.5. The summed E-state index contributed by atoms with van der Waals surface area (Å²) >= 11 is 5.95. The molecule has 0 atom stereocenters. The number of benzene rings is 2. The number of carbonyl (C=O) groups excluding carboxylic acids is 1. The van der Waals surface area contributed by atoms with Gasteiger partial charge in [-0.1, -0.05) is 41.9 Å². The Balaban J connectivity index is 1.69. The second kappa shape index (κ2) is 6.83. The van der Waals surface area contributed by atoms with Gasteiger partial charge in [0, 0.05) is 10.6 Å². The lowest BCUT2D eigenvalue weighted by Crippen LogP contribution is -2.18. The average molecular weight is 402 g/mol. The normalized spacial score (nSPS) is 14.7. The van der Waals surface area contributed by atoms with Crippen molar-refractivity contribution in [2.75, 3.05) is 5.32 Å². The summed E-state index contributed by atoms with van der Waals surface area (Å²) in [7, 11) is -3.23. The van der Waals surface area contributed by atoms with E-state index in [9.17, 15) is 13.2 Å². The van der Waals surface area contributed by atoms with Crippen LogP contribution in [0.15, 0.2) is 54.6 Å². The molecular formula is C19H16ClN3O3S. The third-order valence-electron chi connectivity index (χ3n) is 4.32. The zero-order chi connectivity index (χ0) is 19.0. The van der Waals surface area contributed by atoms with E-state index in [1.54, 1.807) is 28.9 Å². The second-order valence-electron chi connectivity index (χ2n) is 6.40. The van der Waals surface area contributed by atoms with Crippen LogP contribution in [0.1, 0.15) is 16.8 Å². The van der Waals surface area contributed by atoms with Crippen molar-refractivity contribution >= 4 is 33.2 Å². The molecule has 0 bridgehead atoms. The number of nitrogens with one attached hydrogen (secondary N) is 1. The molecule has 1 aliphatic rings. The predicted octanol–water partition coefficient (Wildman–Crippen LogP) is 3.14. The lowest BCUT2D eigenvalue weighted by molar-refractivity contribution is -0.115. The molecule has 1 aromatic heterocycles. The molecule has 0 spiro atoms. The number of rotatable bonds is 4. The molecule has 1 aliphatic heterocycles. The van der Waals surface area contributed by atoms with E-state index in [2.05, 4.69) is 10.4 Å². The van der Waals surface area contributed by atoms with Gasteiger partial charge in [-0.2, -0.15) is 5.10 Å². The van der Waals surface area contributed by atoms with Crippen LogP contribution in [-0.4, -0.2) is 24.1 Å². The molecule has 2 heterocycles. The topological polar surface area (TPSA) is 81.1 Å². The fraction of sp³-hybridized carbons (Fsp3) is 0.158. The SMILES string of the molecule is O=C(Cc1ccccc1)Nc1c2c(nn1-c1ccc(Cl)cc1)CS(=O)(=O)C2. The van der Waals surface area contributed by atoms with Gasteiger partial charge in [0.25, 0.3) is 0 Å². The summed E-state index contributed by atoms with van der Waals surface area (Å²) in [6, 6.07) is 16.3. The number of sulfone groups is 1. The van der Waals surface area contributed by atoms with Crippen LogP contribution in [0.2, 0.25) is 5.02 Å². The van der Waals surface area contributed by atoms with E-state index in [1.165, 1.54) is 0 Å². The molecule has 2 aromatic carbocycles. The van der Waals surface area contributed by atoms with Gasteiger partial charge in [0.05, 0.1) is 29.3 Å². The van der Waals surface area contributed by atoms with Crippen molar-refractivity contribution in [1.29, 1.82) is 0 Å². The van der Waals surface area contributed by atoms with Crippen molar-refractivity contribution in [3.05, 3.63) is 76.4 Å². The number of hydrogen-bond donors (Lipinski definition) is 1. The summed E-state index contributed by atoms with van der Waals surface area (Å²) in [6.07, 6.45) is 0.189. The fourth-order valence-corrected chi connectivity index (χ4v) is 4.72. The van der Waals surface area contributed by atoms with Gasteiger partial charge in [0.2, 0.25) is 5.91 Å². The Morgan fingerprint density at radius 3 is 2.48 bits per heavy atom. The van der Waals surface area contributed by atoms with Crippen molar-refractivity contribution in [1.82, 2.24) is 9.78 Å². The van der Waals surface area contributed by atoms with Crippen LogP contribution in [0.25, 0.3) is 5.69 Å². The Morgan fingerprint density at radius 1 is 1.07 bits per heavy atom. The monoisotopic (exact) mass is 401 g/mol. The Labute approximate surface area is 161 Å². The lowest BCUT2D eigenvalue weighted by atomic mass is 10.1. The van der Waals surface area contributed by atoms with Gasteiger partial charge >= 0.3 is 0 Å². The quantitative estimate of drug-likeness (QED) is 0.728. The van der Waals surface area contributed by atoms with Gasteiger partial charge in [0.1, 0.15) is 5.82 Å². The van der Waals surface area contributed by atoms with Crippen molar-refractivity contribution < 1.29 is 13.2 Å². The highest BCUT2D eigenvalue weighted by Crippen LogP contribution is 2.33. The number of amides is 1. The highest BCUT2D eigenvalue weighted by atomic mass is 35.5. The van der Waals surface area contributed by atoms with Crippen LogP contribution in [0.4, 0.5) is 5.82 Å². The van der Waals surface area contributed by atoms with Gasteiger partial charge in [-0.25, -0.2) is 13.1 Å². The minimum atomic E-state index is -3.23. The number of anilines is 1. The molecule has 3 aromatic rings. The largest absolute Gasteiger partial charge is 0.310 e. The maximum Gasteiger partial charge on any atom is 0.229 e. The summed E-state index contributed by atoms with van der Waals surface area (Å²) in [5.41, 5.74) is 2.59. The first-order chi connectivity index (χ1) is 12.9. The van der Waals surface area contributed by atoms with E-state index < -0.39 is 9.84 Å². The lowest BCUT2D eigenvalue weighted by Gasteiger charge is -2.11. The summed E-state index contributed by atoms with van der Waals surface area (Å²) < 4.78 is 25.5. The van der Waals surface area contributed by atoms with Crippen molar-refractivity contribution in [3.8, 4) is 5.69 Å². The van der Waals surface area contributed by atoms with Crippen LogP contribution in [0, 0.1) is 0 Å². The molecule has 0 aliphatic carbocycles. The minimum absolute atomic E-state index is 0.121. The Morgan fingerprint density at radius 2 is 1.78 bits per heavy atom. The fourth-order valence-electron chi connectivity index (χ4n) is 3.10. The zero-order valence-corrected chi connectivity index (χ0v) is 15.8. The molecule has 0 unspecified atom stereocenters. The van der Waals surface area contributed by atoms with Crippen LogP contribution in [0.3, 0.4) is 0 Å². The smallest absolute Gasteiger partial charge is 0.229 e. The zero-order valence-electron chi connectivity index (χ0n) is 14.2. The van der Waals surface area contributed by atoms with E-state index in [0.29, 0.717) is 27.8 Å². The Bertz CT molecular complexity index is 1110. The average Bonchev–Trinajstić information content (AvgIpc) is 3.09. The van der Waals surface area contributed by atoms with E-state index >= 15 is 0 Å². The maximum absolute atomic E-state index is 12.6. The molecule has 4 rings (SSSR count). The van der Waals surface area contributed by atoms with Gasteiger partial charge in [0.15, 0.2) is 9.84 Å². The first-order valence-electron chi connectivity index (χ1n) is 8.32. The van der Waals surface area contributed by atoms with Gasteiger partial charge in [-0.3, -0.25) is 4.79 Å². The van der Waals surface area contributed by atoms with Crippen molar-refractivity contribution in [2.24, 2.45) is 0 Å². The molecule has 0 saturated carbocycles. The van der Waals surface area contributed by atoms with E-state index in [0.717, 1.165) is 5.56 Å². The third kappa shape index (κ3) is 3.74. The highest BCUT2D eigenvalue weighted by Gasteiger charge is 2.33. The molecule has 0 fully saturated rings. The number of carbonyl (C=O) groups is 1. The molecule has 0 saturated heterocycles. The van der Waals surface area contributed by atoms with Crippen LogP contribution >= 0.6 is 11.6 Å². The van der Waals surface area contributed by atoms with Crippen molar-refractivity contribution in [2.45, 2.75) is 17.9 Å². The minimum Gasteiger partial charge on any atom is -0.310 e. The third-order valence-corrected chi connectivity index (χ3v) is 6.02. The van der Waals surface area contributed by atoms with Crippen molar-refractivity contribution in [3.63, 3.8) is 0 Å². The van der Waals surface area contributed by atoms with E-state index in [4.69, 9.17) is 11.6 Å². The summed E-state index contributed by atoms with van der Waals surface area (Å²) in [5.74, 6) is -0.0841. The maximum atomic E-state index is 12.6. The first kappa shape index (κ1) is 17.8. The summed E-state index contributed by atoms with van der Waals surface area (Å²) in [4.78, 5) is 12.6. The molecular weight excluding hydrogens is 386 g/mol. The Hall–Kier alpha value is -2.64. The number of fused-ring (bicyclic) bond motifs is 1.